The highest BCUT2D eigenvalue weighted by Gasteiger charge is 2.20. The molecule has 0 spiro atoms. The van der Waals surface area contributed by atoms with Gasteiger partial charge in [0.25, 0.3) is 0 Å². The predicted molar refractivity (Wildman–Crippen MR) is 335 cm³/mol. The Morgan fingerprint density at radius 1 is 0.173 bits per heavy atom. The molecule has 0 radical (unpaired) electrons. The van der Waals surface area contributed by atoms with E-state index in [2.05, 4.69) is 281 Å². The van der Waals surface area contributed by atoms with Crippen molar-refractivity contribution in [1.29, 1.82) is 0 Å². The lowest BCUT2D eigenvalue weighted by atomic mass is 9.98. The van der Waals surface area contributed by atoms with Crippen LogP contribution in [0.1, 0.15) is 0 Å². The van der Waals surface area contributed by atoms with E-state index in [4.69, 9.17) is 15.0 Å². The van der Waals surface area contributed by atoms with E-state index in [9.17, 15) is 0 Å². The van der Waals surface area contributed by atoms with Gasteiger partial charge in [0, 0.05) is 66.1 Å². The zero-order chi connectivity index (χ0) is 53.4. The maximum atomic E-state index is 5.14. The fraction of sp³-hybridized carbons (Fsp3) is 0. The molecule has 4 aromatic heterocycles. The van der Waals surface area contributed by atoms with Gasteiger partial charge in [-0.15, -0.1) is 0 Å². The monoisotopic (exact) mass is 1030 g/mol. The zero-order valence-corrected chi connectivity index (χ0v) is 43.9. The standard InChI is InChI=1S/C75H48N6/c1-5-17-49(18-6-1)50-29-31-52(32-30-50)74-76-73(51-19-7-2-8-20-51)77-75(78-74)53-33-39-60(40-34-53)81-71-43-37-56(54-35-41-69-63(45-54)61-25-13-15-27-67(61)79(69)58-21-9-3-10-22-58)47-65(71)66-48-57(38-44-72(66)81)55-36-42-70-64(46-55)62-26-14-16-28-68(62)80(70)59-23-11-4-12-24-59/h1-48H. The summed E-state index contributed by atoms with van der Waals surface area (Å²) in [7, 11) is 0. The fourth-order valence-corrected chi connectivity index (χ4v) is 12.2. The first-order valence-corrected chi connectivity index (χ1v) is 27.5. The lowest BCUT2D eigenvalue weighted by Gasteiger charge is -2.11. The van der Waals surface area contributed by atoms with Gasteiger partial charge in [0.15, 0.2) is 17.5 Å². The summed E-state index contributed by atoms with van der Waals surface area (Å²) in [6, 6.07) is 104. The number of hydrogen-bond acceptors (Lipinski definition) is 3. The third-order valence-electron chi connectivity index (χ3n) is 16.1. The Bertz CT molecular complexity index is 4850. The average molecular weight is 1030 g/mol. The molecule has 6 nitrogen and oxygen atoms in total. The maximum absolute atomic E-state index is 5.14. The minimum atomic E-state index is 0.613. The third-order valence-corrected chi connectivity index (χ3v) is 16.1. The van der Waals surface area contributed by atoms with Gasteiger partial charge in [-0.1, -0.05) is 182 Å². The fourth-order valence-electron chi connectivity index (χ4n) is 12.2. The molecule has 16 rings (SSSR count). The summed E-state index contributed by atoms with van der Waals surface area (Å²) in [4.78, 5) is 15.3. The molecule has 0 amide bonds. The predicted octanol–water partition coefficient (Wildman–Crippen LogP) is 19.2. The first kappa shape index (κ1) is 46.2. The number of nitrogens with zero attached hydrogens (tertiary/aromatic N) is 6. The molecule has 0 unspecified atom stereocenters. The van der Waals surface area contributed by atoms with Crippen molar-refractivity contribution in [2.24, 2.45) is 0 Å². The smallest absolute Gasteiger partial charge is 0.164 e. The van der Waals surface area contributed by atoms with Gasteiger partial charge >= 0.3 is 0 Å². The molecule has 12 aromatic carbocycles. The Morgan fingerprint density at radius 3 is 0.815 bits per heavy atom. The van der Waals surface area contributed by atoms with Crippen LogP contribution >= 0.6 is 0 Å². The highest BCUT2D eigenvalue weighted by atomic mass is 15.0. The van der Waals surface area contributed by atoms with E-state index in [-0.39, 0.29) is 0 Å². The molecule has 0 aliphatic carbocycles. The van der Waals surface area contributed by atoms with Crippen LogP contribution in [-0.2, 0) is 0 Å². The van der Waals surface area contributed by atoms with Crippen LogP contribution in [0.25, 0.3) is 150 Å². The number of rotatable bonds is 9. The van der Waals surface area contributed by atoms with Gasteiger partial charge in [-0.05, 0) is 143 Å². The largest absolute Gasteiger partial charge is 0.309 e. The van der Waals surface area contributed by atoms with Crippen LogP contribution < -0.4 is 0 Å². The molecule has 4 heterocycles. The van der Waals surface area contributed by atoms with Gasteiger partial charge < -0.3 is 13.7 Å². The van der Waals surface area contributed by atoms with E-state index >= 15 is 0 Å². The molecule has 0 saturated heterocycles. The van der Waals surface area contributed by atoms with Crippen molar-refractivity contribution in [2.45, 2.75) is 0 Å². The second-order valence-electron chi connectivity index (χ2n) is 20.8. The van der Waals surface area contributed by atoms with Crippen LogP contribution in [0.5, 0.6) is 0 Å². The van der Waals surface area contributed by atoms with Crippen LogP contribution in [0.3, 0.4) is 0 Å². The first-order valence-electron chi connectivity index (χ1n) is 27.5. The molecular weight excluding hydrogens is 985 g/mol. The number of fused-ring (bicyclic) bond motifs is 9. The van der Waals surface area contributed by atoms with Gasteiger partial charge in [0.2, 0.25) is 0 Å². The normalized spacial score (nSPS) is 11.7. The summed E-state index contributed by atoms with van der Waals surface area (Å²) < 4.78 is 7.15. The molecule has 0 atom stereocenters. The number of aromatic nitrogens is 6. The first-order chi connectivity index (χ1) is 40.1. The summed E-state index contributed by atoms with van der Waals surface area (Å²) in [6.45, 7) is 0. The van der Waals surface area contributed by atoms with Gasteiger partial charge in [-0.3, -0.25) is 0 Å². The molecule has 6 heteroatoms. The molecule has 81 heavy (non-hydrogen) atoms. The zero-order valence-electron chi connectivity index (χ0n) is 43.9. The van der Waals surface area contributed by atoms with Crippen molar-refractivity contribution in [2.75, 3.05) is 0 Å². The molecule has 16 aromatic rings. The Hall–Kier alpha value is -11.0. The second kappa shape index (κ2) is 18.9. The van der Waals surface area contributed by atoms with Crippen molar-refractivity contribution in [3.05, 3.63) is 291 Å². The van der Waals surface area contributed by atoms with Crippen molar-refractivity contribution in [1.82, 2.24) is 28.7 Å². The SMILES string of the molecule is c1ccc(-c2ccc(-c3nc(-c4ccccc4)nc(-c4ccc(-n5c6ccc(-c7ccc8c(c7)c7ccccc7n8-c7ccccc7)cc6c6cc(-c7ccc8c(c7)c7ccccc7n8-c7ccccc7)ccc65)cc4)n3)cc2)cc1. The Balaban J connectivity index is 0.842. The average Bonchev–Trinajstić information content (AvgIpc) is 4.39. The lowest BCUT2D eigenvalue weighted by molar-refractivity contribution is 1.07. The Kier molecular flexibility index (Phi) is 10.8. The van der Waals surface area contributed by atoms with Gasteiger partial charge in [0.1, 0.15) is 0 Å². The van der Waals surface area contributed by atoms with Crippen LogP contribution in [0.2, 0.25) is 0 Å². The van der Waals surface area contributed by atoms with Crippen molar-refractivity contribution in [3.63, 3.8) is 0 Å². The molecule has 0 fully saturated rings. The molecular formula is C75H48N6. The third kappa shape index (κ3) is 7.83. The van der Waals surface area contributed by atoms with Crippen LogP contribution in [-0.4, -0.2) is 28.7 Å². The number of hydrogen-bond donors (Lipinski definition) is 0. The molecule has 0 saturated carbocycles. The summed E-state index contributed by atoms with van der Waals surface area (Å²) in [5.74, 6) is 1.86. The van der Waals surface area contributed by atoms with Gasteiger partial charge in [-0.25, -0.2) is 15.0 Å². The molecule has 0 bridgehead atoms. The Labute approximate surface area is 467 Å². The molecule has 0 aliphatic rings. The molecule has 0 aliphatic heterocycles. The van der Waals surface area contributed by atoms with Gasteiger partial charge in [0.05, 0.1) is 33.1 Å². The number of benzene rings is 12. The van der Waals surface area contributed by atoms with Crippen molar-refractivity contribution in [3.8, 4) is 84.6 Å². The number of para-hydroxylation sites is 4. The van der Waals surface area contributed by atoms with E-state index in [1.54, 1.807) is 0 Å². The Morgan fingerprint density at radius 2 is 0.420 bits per heavy atom. The van der Waals surface area contributed by atoms with E-state index < -0.39 is 0 Å². The summed E-state index contributed by atoms with van der Waals surface area (Å²) in [6.07, 6.45) is 0. The minimum Gasteiger partial charge on any atom is -0.309 e. The van der Waals surface area contributed by atoms with Crippen molar-refractivity contribution < 1.29 is 0 Å². The quantitative estimate of drug-likeness (QED) is 0.145. The topological polar surface area (TPSA) is 53.5 Å². The minimum absolute atomic E-state index is 0.613. The summed E-state index contributed by atoms with van der Waals surface area (Å²) in [5.41, 5.74) is 20.0. The highest BCUT2D eigenvalue weighted by molar-refractivity contribution is 6.14. The molecule has 378 valence electrons. The second-order valence-corrected chi connectivity index (χ2v) is 20.8. The maximum Gasteiger partial charge on any atom is 0.164 e. The molecule has 0 N–H and O–H groups in total. The van der Waals surface area contributed by atoms with Crippen LogP contribution in [0.15, 0.2) is 291 Å². The van der Waals surface area contributed by atoms with E-state index in [0.29, 0.717) is 17.5 Å². The van der Waals surface area contributed by atoms with E-state index in [1.807, 2.05) is 24.3 Å². The summed E-state index contributed by atoms with van der Waals surface area (Å²) >= 11 is 0. The van der Waals surface area contributed by atoms with Crippen molar-refractivity contribution >= 4 is 65.4 Å². The summed E-state index contributed by atoms with van der Waals surface area (Å²) in [5, 5.41) is 7.26. The lowest BCUT2D eigenvalue weighted by Crippen LogP contribution is -2.00. The highest BCUT2D eigenvalue weighted by Crippen LogP contribution is 2.42. The van der Waals surface area contributed by atoms with E-state index in [0.717, 1.165) is 67.0 Å². The van der Waals surface area contributed by atoms with Gasteiger partial charge in [-0.2, -0.15) is 0 Å². The van der Waals surface area contributed by atoms with Crippen LogP contribution in [0.4, 0.5) is 0 Å². The van der Waals surface area contributed by atoms with Crippen LogP contribution in [0, 0.1) is 0 Å². The van der Waals surface area contributed by atoms with E-state index in [1.165, 1.54) is 65.5 Å².